The van der Waals surface area contributed by atoms with Crippen molar-refractivity contribution in [3.63, 3.8) is 0 Å². The van der Waals surface area contributed by atoms with Gasteiger partial charge in [0.05, 0.1) is 5.56 Å². The van der Waals surface area contributed by atoms with Gasteiger partial charge in [0.2, 0.25) is 0 Å². The number of H-pyrrole nitrogens is 1. The molecule has 0 spiro atoms. The molecule has 6 heteroatoms. The molecule has 1 aliphatic rings. The third-order valence-corrected chi connectivity index (χ3v) is 6.23. The number of para-hydroxylation sites is 1. The molecule has 1 saturated heterocycles. The fourth-order valence-corrected chi connectivity index (χ4v) is 4.33. The lowest BCUT2D eigenvalue weighted by molar-refractivity contribution is -0.128. The smallest absolute Gasteiger partial charge is 0.295 e. The summed E-state index contributed by atoms with van der Waals surface area (Å²) in [4.78, 5) is 32.6. The monoisotopic (exact) mass is 441 g/mol. The minimum Gasteiger partial charge on any atom is -0.360 e. The van der Waals surface area contributed by atoms with Gasteiger partial charge >= 0.3 is 0 Å². The van der Waals surface area contributed by atoms with Crippen LogP contribution in [0.2, 0.25) is 0 Å². The summed E-state index contributed by atoms with van der Waals surface area (Å²) in [5.74, 6) is -1.14. The highest BCUT2D eigenvalue weighted by Crippen LogP contribution is 2.22. The zero-order valence-corrected chi connectivity index (χ0v) is 18.1. The maximum atomic E-state index is 13.1. The maximum Gasteiger partial charge on any atom is 0.295 e. The van der Waals surface area contributed by atoms with E-state index in [1.165, 1.54) is 17.7 Å². The van der Waals surface area contributed by atoms with Crippen molar-refractivity contribution in [2.75, 3.05) is 26.2 Å². The summed E-state index contributed by atoms with van der Waals surface area (Å²) in [7, 11) is 0. The minimum atomic E-state index is -0.461. The summed E-state index contributed by atoms with van der Waals surface area (Å²) >= 11 is 0. The Hall–Kier alpha value is -3.77. The number of ketones is 1. The van der Waals surface area contributed by atoms with Gasteiger partial charge in [-0.3, -0.25) is 14.5 Å². The van der Waals surface area contributed by atoms with Crippen LogP contribution in [0.4, 0.5) is 4.39 Å². The number of nitrogens with one attached hydrogen (secondary N) is 1. The van der Waals surface area contributed by atoms with Crippen molar-refractivity contribution in [3.8, 4) is 11.1 Å². The molecule has 1 aliphatic heterocycles. The number of aromatic nitrogens is 1. The predicted octanol–water partition coefficient (Wildman–Crippen LogP) is 4.50. The van der Waals surface area contributed by atoms with Crippen LogP contribution in [0, 0.1) is 5.82 Å². The molecular weight excluding hydrogens is 417 g/mol. The minimum absolute atomic E-state index is 0.240. The first-order valence-electron chi connectivity index (χ1n) is 11.1. The topological polar surface area (TPSA) is 56.4 Å². The standard InChI is InChI=1S/C27H24FN3O2/c28-22-11-9-21(10-12-22)20-7-5-19(6-8-20)18-30-13-15-31(16-14-30)27(33)26(32)24-17-29-25-4-2-1-3-23(24)25/h1-12,17,29H,13-16,18H2. The Bertz CT molecular complexity index is 1290. The second kappa shape index (κ2) is 9.00. The summed E-state index contributed by atoms with van der Waals surface area (Å²) in [5.41, 5.74) is 4.48. The Morgan fingerprint density at radius 1 is 0.818 bits per heavy atom. The highest BCUT2D eigenvalue weighted by Gasteiger charge is 2.28. The average molecular weight is 442 g/mol. The molecule has 0 atom stereocenters. The molecule has 2 heterocycles. The number of halogens is 1. The largest absolute Gasteiger partial charge is 0.360 e. The number of nitrogens with zero attached hydrogens (tertiary/aromatic N) is 2. The molecule has 4 aromatic rings. The van der Waals surface area contributed by atoms with Crippen molar-refractivity contribution in [2.24, 2.45) is 0 Å². The molecule has 3 aromatic carbocycles. The van der Waals surface area contributed by atoms with E-state index in [2.05, 4.69) is 22.0 Å². The molecule has 1 fully saturated rings. The van der Waals surface area contributed by atoms with Gasteiger partial charge in [-0.25, -0.2) is 4.39 Å². The zero-order valence-electron chi connectivity index (χ0n) is 18.1. The number of amides is 1. The first-order chi connectivity index (χ1) is 16.1. The number of benzene rings is 3. The van der Waals surface area contributed by atoms with E-state index in [9.17, 15) is 14.0 Å². The fraction of sp³-hybridized carbons (Fsp3) is 0.185. The number of rotatable bonds is 5. The van der Waals surface area contributed by atoms with Gasteiger partial charge in [-0.15, -0.1) is 0 Å². The van der Waals surface area contributed by atoms with E-state index < -0.39 is 11.7 Å². The lowest BCUT2D eigenvalue weighted by Crippen LogP contribution is -2.50. The molecule has 0 aliphatic carbocycles. The van der Waals surface area contributed by atoms with E-state index in [0.29, 0.717) is 31.7 Å². The van der Waals surface area contributed by atoms with Crippen molar-refractivity contribution in [2.45, 2.75) is 6.54 Å². The number of carbonyl (C=O) groups is 2. The Labute approximate surface area is 191 Å². The van der Waals surface area contributed by atoms with E-state index in [1.54, 1.807) is 23.2 Å². The van der Waals surface area contributed by atoms with E-state index in [1.807, 2.05) is 36.4 Å². The molecule has 1 amide bonds. The quantitative estimate of drug-likeness (QED) is 0.367. The number of hydrogen-bond acceptors (Lipinski definition) is 3. The van der Waals surface area contributed by atoms with E-state index in [0.717, 1.165) is 28.6 Å². The van der Waals surface area contributed by atoms with Crippen LogP contribution in [0.1, 0.15) is 15.9 Å². The van der Waals surface area contributed by atoms with Crippen LogP contribution >= 0.6 is 0 Å². The maximum absolute atomic E-state index is 13.1. The average Bonchev–Trinajstić information content (AvgIpc) is 3.29. The molecule has 0 unspecified atom stereocenters. The van der Waals surface area contributed by atoms with Gasteiger partial charge in [-0.1, -0.05) is 54.6 Å². The molecule has 0 radical (unpaired) electrons. The molecule has 0 bridgehead atoms. The molecule has 5 nitrogen and oxygen atoms in total. The van der Waals surface area contributed by atoms with Crippen LogP contribution in [0.25, 0.3) is 22.0 Å². The van der Waals surface area contributed by atoms with Crippen LogP contribution in [0.3, 0.4) is 0 Å². The third-order valence-electron chi connectivity index (χ3n) is 6.23. The molecular formula is C27H24FN3O2. The van der Waals surface area contributed by atoms with Crippen molar-refractivity contribution in [3.05, 3.63) is 95.9 Å². The van der Waals surface area contributed by atoms with Crippen molar-refractivity contribution < 1.29 is 14.0 Å². The molecule has 0 saturated carbocycles. The van der Waals surface area contributed by atoms with Crippen LogP contribution < -0.4 is 0 Å². The summed E-state index contributed by atoms with van der Waals surface area (Å²) in [6.45, 7) is 3.27. The predicted molar refractivity (Wildman–Crippen MR) is 126 cm³/mol. The van der Waals surface area contributed by atoms with Crippen LogP contribution in [-0.4, -0.2) is 52.7 Å². The van der Waals surface area contributed by atoms with Crippen molar-refractivity contribution >= 4 is 22.6 Å². The molecule has 1 aromatic heterocycles. The molecule has 33 heavy (non-hydrogen) atoms. The van der Waals surface area contributed by atoms with Crippen LogP contribution in [-0.2, 0) is 11.3 Å². The van der Waals surface area contributed by atoms with Gasteiger partial charge in [0.15, 0.2) is 0 Å². The highest BCUT2D eigenvalue weighted by atomic mass is 19.1. The van der Waals surface area contributed by atoms with Crippen molar-refractivity contribution in [1.82, 2.24) is 14.8 Å². The van der Waals surface area contributed by atoms with Gasteiger partial charge in [-0.2, -0.15) is 0 Å². The normalized spacial score (nSPS) is 14.5. The van der Waals surface area contributed by atoms with Gasteiger partial charge in [0.25, 0.3) is 11.7 Å². The van der Waals surface area contributed by atoms with E-state index in [4.69, 9.17) is 0 Å². The van der Waals surface area contributed by atoms with E-state index >= 15 is 0 Å². The van der Waals surface area contributed by atoms with Gasteiger partial charge in [0.1, 0.15) is 5.82 Å². The van der Waals surface area contributed by atoms with E-state index in [-0.39, 0.29) is 5.82 Å². The second-order valence-corrected chi connectivity index (χ2v) is 8.35. The first kappa shape index (κ1) is 21.1. The van der Waals surface area contributed by atoms with Gasteiger partial charge < -0.3 is 9.88 Å². The summed E-state index contributed by atoms with van der Waals surface area (Å²) in [6, 6.07) is 22.2. The zero-order chi connectivity index (χ0) is 22.8. The SMILES string of the molecule is O=C(C(=O)N1CCN(Cc2ccc(-c3ccc(F)cc3)cc2)CC1)c1c[nH]c2ccccc12. The number of Topliss-reactive ketones (excluding diaryl/α,β-unsaturated/α-hetero) is 1. The summed E-state index contributed by atoms with van der Waals surface area (Å²) in [5, 5.41) is 0.776. The number of aromatic amines is 1. The Kier molecular flexibility index (Phi) is 5.75. The van der Waals surface area contributed by atoms with Crippen LogP contribution in [0.5, 0.6) is 0 Å². The lowest BCUT2D eigenvalue weighted by atomic mass is 10.0. The van der Waals surface area contributed by atoms with Crippen molar-refractivity contribution in [1.29, 1.82) is 0 Å². The van der Waals surface area contributed by atoms with Gasteiger partial charge in [0, 0.05) is 49.8 Å². The number of piperazine rings is 1. The first-order valence-corrected chi connectivity index (χ1v) is 11.1. The number of hydrogen-bond donors (Lipinski definition) is 1. The Morgan fingerprint density at radius 2 is 1.45 bits per heavy atom. The molecule has 1 N–H and O–H groups in total. The lowest BCUT2D eigenvalue weighted by Gasteiger charge is -2.34. The third kappa shape index (κ3) is 4.43. The fourth-order valence-electron chi connectivity index (χ4n) is 4.33. The number of fused-ring (bicyclic) bond motifs is 1. The summed E-state index contributed by atoms with van der Waals surface area (Å²) < 4.78 is 13.1. The Morgan fingerprint density at radius 3 is 2.15 bits per heavy atom. The number of carbonyl (C=O) groups excluding carboxylic acids is 2. The molecule has 5 rings (SSSR count). The Balaban J connectivity index is 1.17. The molecule has 166 valence electrons. The van der Waals surface area contributed by atoms with Crippen LogP contribution in [0.15, 0.2) is 79.0 Å². The second-order valence-electron chi connectivity index (χ2n) is 8.35. The highest BCUT2D eigenvalue weighted by molar-refractivity contribution is 6.44. The summed E-state index contributed by atoms with van der Waals surface area (Å²) in [6.07, 6.45) is 1.62. The van der Waals surface area contributed by atoms with Gasteiger partial charge in [-0.05, 0) is 34.9 Å².